The van der Waals surface area contributed by atoms with Crippen LogP contribution >= 0.6 is 22.9 Å². The highest BCUT2D eigenvalue weighted by Gasteiger charge is 2.48. The second-order valence-electron chi connectivity index (χ2n) is 8.36. The Balaban J connectivity index is 1.90. The number of aromatic nitrogens is 1. The van der Waals surface area contributed by atoms with E-state index in [9.17, 15) is 14.7 Å². The first-order valence-corrected chi connectivity index (χ1v) is 11.0. The Morgan fingerprint density at radius 3 is 2.26 bits per heavy atom. The van der Waals surface area contributed by atoms with Crippen molar-refractivity contribution >= 4 is 45.5 Å². The first-order valence-electron chi connectivity index (χ1n) is 9.75. The molecule has 5 nitrogen and oxygen atoms in total. The molecule has 0 aliphatic carbocycles. The van der Waals surface area contributed by atoms with Gasteiger partial charge in [-0.3, -0.25) is 14.5 Å². The topological polar surface area (TPSA) is 70.5 Å². The van der Waals surface area contributed by atoms with Crippen LogP contribution in [0.2, 0.25) is 5.02 Å². The fourth-order valence-electron chi connectivity index (χ4n) is 3.61. The van der Waals surface area contributed by atoms with Gasteiger partial charge < -0.3 is 5.11 Å². The number of amides is 1. The van der Waals surface area contributed by atoms with Crippen LogP contribution in [0.25, 0.3) is 5.76 Å². The van der Waals surface area contributed by atoms with E-state index in [2.05, 4.69) is 25.8 Å². The van der Waals surface area contributed by atoms with Crippen LogP contribution in [-0.4, -0.2) is 21.8 Å². The maximum Gasteiger partial charge on any atom is 0.301 e. The fourth-order valence-corrected chi connectivity index (χ4v) is 4.40. The Kier molecular flexibility index (Phi) is 5.45. The summed E-state index contributed by atoms with van der Waals surface area (Å²) < 4.78 is 0. The number of thiazole rings is 1. The molecule has 1 N–H and O–H groups in total. The molecule has 0 spiro atoms. The van der Waals surface area contributed by atoms with Crippen molar-refractivity contribution in [2.24, 2.45) is 0 Å². The summed E-state index contributed by atoms with van der Waals surface area (Å²) in [5.41, 5.74) is 2.25. The summed E-state index contributed by atoms with van der Waals surface area (Å²) in [6.07, 6.45) is 1.58. The fraction of sp³-hybridized carbons (Fsp3) is 0.208. The summed E-state index contributed by atoms with van der Waals surface area (Å²) in [7, 11) is 0. The number of hydrogen-bond donors (Lipinski definition) is 1. The van der Waals surface area contributed by atoms with E-state index in [0.717, 1.165) is 11.1 Å². The number of nitrogens with zero attached hydrogens (tertiary/aromatic N) is 2. The normalized spacial score (nSPS) is 18.6. The van der Waals surface area contributed by atoms with Crippen LogP contribution in [0.15, 0.2) is 65.7 Å². The Labute approximate surface area is 189 Å². The number of aliphatic hydroxyl groups excluding tert-OH is 1. The molecule has 1 saturated heterocycles. The summed E-state index contributed by atoms with van der Waals surface area (Å²) >= 11 is 7.22. The van der Waals surface area contributed by atoms with Crippen molar-refractivity contribution in [1.29, 1.82) is 0 Å². The van der Waals surface area contributed by atoms with Crippen LogP contribution in [0.4, 0.5) is 5.13 Å². The van der Waals surface area contributed by atoms with Gasteiger partial charge in [0.1, 0.15) is 5.76 Å². The number of aliphatic hydroxyl groups is 1. The zero-order valence-electron chi connectivity index (χ0n) is 17.3. The number of rotatable bonds is 3. The van der Waals surface area contributed by atoms with Crippen molar-refractivity contribution in [2.45, 2.75) is 32.2 Å². The van der Waals surface area contributed by atoms with Gasteiger partial charge in [-0.05, 0) is 40.8 Å². The lowest BCUT2D eigenvalue weighted by molar-refractivity contribution is -0.132. The van der Waals surface area contributed by atoms with E-state index in [4.69, 9.17) is 11.6 Å². The maximum absolute atomic E-state index is 13.0. The van der Waals surface area contributed by atoms with Crippen LogP contribution in [0.3, 0.4) is 0 Å². The summed E-state index contributed by atoms with van der Waals surface area (Å²) in [4.78, 5) is 31.6. The predicted molar refractivity (Wildman–Crippen MR) is 123 cm³/mol. The molecular weight excluding hydrogens is 432 g/mol. The van der Waals surface area contributed by atoms with Crippen molar-refractivity contribution in [1.82, 2.24) is 4.98 Å². The summed E-state index contributed by atoms with van der Waals surface area (Å²) in [6.45, 7) is 6.35. The molecule has 1 atom stereocenters. The predicted octanol–water partition coefficient (Wildman–Crippen LogP) is 5.72. The number of halogens is 1. The van der Waals surface area contributed by atoms with E-state index in [1.54, 1.807) is 35.8 Å². The van der Waals surface area contributed by atoms with Gasteiger partial charge in [0, 0.05) is 22.2 Å². The molecular formula is C24H21ClN2O3S. The summed E-state index contributed by atoms with van der Waals surface area (Å²) in [6, 6.07) is 13.5. The first kappa shape index (κ1) is 21.3. The highest BCUT2D eigenvalue weighted by molar-refractivity contribution is 7.14. The number of carbonyl (C=O) groups excluding carboxylic acids is 2. The maximum atomic E-state index is 13.0. The minimum atomic E-state index is -0.782. The molecule has 3 aromatic rings. The minimum Gasteiger partial charge on any atom is -0.507 e. The van der Waals surface area contributed by atoms with Gasteiger partial charge in [0.05, 0.1) is 11.6 Å². The van der Waals surface area contributed by atoms with Crippen molar-refractivity contribution in [3.8, 4) is 0 Å². The van der Waals surface area contributed by atoms with Crippen molar-refractivity contribution in [3.05, 3.63) is 87.4 Å². The number of Topliss-reactive ketones (excluding diaryl/α,β-unsaturated/α-hetero) is 1. The number of benzene rings is 2. The number of hydrogen-bond acceptors (Lipinski definition) is 5. The molecule has 2 aromatic carbocycles. The van der Waals surface area contributed by atoms with Crippen LogP contribution in [0.5, 0.6) is 0 Å². The lowest BCUT2D eigenvalue weighted by Gasteiger charge is -2.24. The number of carbonyl (C=O) groups is 2. The Morgan fingerprint density at radius 2 is 1.71 bits per heavy atom. The van der Waals surface area contributed by atoms with E-state index in [1.165, 1.54) is 16.2 Å². The zero-order chi connectivity index (χ0) is 22.3. The molecule has 0 unspecified atom stereocenters. The molecule has 1 aliphatic rings. The van der Waals surface area contributed by atoms with Gasteiger partial charge in [0.25, 0.3) is 5.78 Å². The molecule has 0 saturated carbocycles. The largest absolute Gasteiger partial charge is 0.507 e. The van der Waals surface area contributed by atoms with Gasteiger partial charge >= 0.3 is 5.91 Å². The quantitative estimate of drug-likeness (QED) is 0.313. The molecule has 0 bridgehead atoms. The standard InChI is InChI=1S/C24H21ClN2O3S/c1-24(2,3)16-8-4-14(5-9-16)19-18(20(28)15-6-10-17(25)11-7-15)21(29)22(30)27(19)23-26-12-13-31-23/h4-13,19,28H,1-3H3/t19-/m1/s1. The molecule has 0 radical (unpaired) electrons. The van der Waals surface area contributed by atoms with E-state index >= 15 is 0 Å². The van der Waals surface area contributed by atoms with E-state index in [1.807, 2.05) is 24.3 Å². The third-order valence-electron chi connectivity index (χ3n) is 5.28. The van der Waals surface area contributed by atoms with Gasteiger partial charge in [0.2, 0.25) is 0 Å². The van der Waals surface area contributed by atoms with Crippen LogP contribution in [-0.2, 0) is 15.0 Å². The molecule has 158 valence electrons. The van der Waals surface area contributed by atoms with E-state index < -0.39 is 17.7 Å². The van der Waals surface area contributed by atoms with Crippen molar-refractivity contribution in [2.75, 3.05) is 4.90 Å². The average molecular weight is 453 g/mol. The monoisotopic (exact) mass is 452 g/mol. The van der Waals surface area contributed by atoms with E-state index in [-0.39, 0.29) is 16.7 Å². The second-order valence-corrected chi connectivity index (χ2v) is 9.67. The average Bonchev–Trinajstić information content (AvgIpc) is 3.34. The number of anilines is 1. The molecule has 7 heteroatoms. The zero-order valence-corrected chi connectivity index (χ0v) is 18.9. The first-order chi connectivity index (χ1) is 14.7. The lowest BCUT2D eigenvalue weighted by Crippen LogP contribution is -2.29. The summed E-state index contributed by atoms with van der Waals surface area (Å²) in [5, 5.41) is 13.7. The number of ketones is 1. The molecule has 2 heterocycles. The third-order valence-corrected chi connectivity index (χ3v) is 6.30. The van der Waals surface area contributed by atoms with Gasteiger partial charge in [-0.15, -0.1) is 11.3 Å². The molecule has 31 heavy (non-hydrogen) atoms. The van der Waals surface area contributed by atoms with Gasteiger partial charge in [-0.25, -0.2) is 4.98 Å². The Hall–Kier alpha value is -2.96. The SMILES string of the molecule is CC(C)(C)c1ccc([C@@H]2C(=C(O)c3ccc(Cl)cc3)C(=O)C(=O)N2c2nccs2)cc1. The van der Waals surface area contributed by atoms with Crippen molar-refractivity contribution < 1.29 is 14.7 Å². The van der Waals surface area contributed by atoms with Crippen LogP contribution in [0.1, 0.15) is 43.5 Å². The highest BCUT2D eigenvalue weighted by atomic mass is 35.5. The van der Waals surface area contributed by atoms with Gasteiger partial charge in [-0.2, -0.15) is 0 Å². The van der Waals surface area contributed by atoms with Gasteiger partial charge in [-0.1, -0.05) is 56.6 Å². The minimum absolute atomic E-state index is 0.0334. The van der Waals surface area contributed by atoms with E-state index in [0.29, 0.717) is 15.7 Å². The lowest BCUT2D eigenvalue weighted by atomic mass is 9.85. The molecule has 4 rings (SSSR count). The molecule has 1 amide bonds. The molecule has 1 aliphatic heterocycles. The summed E-state index contributed by atoms with van der Waals surface area (Å²) in [5.74, 6) is -1.69. The Bertz CT molecular complexity index is 1160. The van der Waals surface area contributed by atoms with Gasteiger partial charge in [0.15, 0.2) is 5.13 Å². The van der Waals surface area contributed by atoms with Crippen LogP contribution < -0.4 is 4.90 Å². The van der Waals surface area contributed by atoms with Crippen molar-refractivity contribution in [3.63, 3.8) is 0 Å². The third kappa shape index (κ3) is 3.89. The molecule has 1 fully saturated rings. The smallest absolute Gasteiger partial charge is 0.301 e. The second kappa shape index (κ2) is 7.94. The highest BCUT2D eigenvalue weighted by Crippen LogP contribution is 2.43. The Morgan fingerprint density at radius 1 is 1.06 bits per heavy atom. The van der Waals surface area contributed by atoms with Crippen LogP contribution in [0, 0.1) is 0 Å². The molecule has 1 aromatic heterocycles.